The number of benzene rings is 1. The summed E-state index contributed by atoms with van der Waals surface area (Å²) in [5.41, 5.74) is 1.30. The lowest BCUT2D eigenvalue weighted by Crippen LogP contribution is -2.01. The topological polar surface area (TPSA) is 26.3 Å². The lowest BCUT2D eigenvalue weighted by Gasteiger charge is -1.94. The third kappa shape index (κ3) is 3.70. The van der Waals surface area contributed by atoms with Crippen molar-refractivity contribution in [2.45, 2.75) is 6.42 Å². The molecule has 1 aromatic rings. The highest BCUT2D eigenvalue weighted by Gasteiger charge is 2.00. The molecule has 0 unspecified atom stereocenters. The Morgan fingerprint density at radius 3 is 2.67 bits per heavy atom. The average Bonchev–Trinajstić information content (AvgIpc) is 2.29. The van der Waals surface area contributed by atoms with Crippen molar-refractivity contribution in [1.29, 1.82) is 0 Å². The van der Waals surface area contributed by atoms with E-state index in [1.165, 1.54) is 7.11 Å². The van der Waals surface area contributed by atoms with Gasteiger partial charge in [-0.05, 0) is 5.56 Å². The normalized spacial score (nSPS) is 8.60. The number of carbonyl (C=O) groups is 1. The van der Waals surface area contributed by atoms with Gasteiger partial charge in [0, 0.05) is 6.42 Å². The van der Waals surface area contributed by atoms with Crippen LogP contribution in [0, 0.1) is 11.8 Å². The molecule has 0 aliphatic heterocycles. The van der Waals surface area contributed by atoms with Gasteiger partial charge in [-0.25, -0.2) is 4.79 Å². The van der Waals surface area contributed by atoms with Gasteiger partial charge in [0.05, 0.1) is 7.11 Å². The highest BCUT2D eigenvalue weighted by atomic mass is 16.5. The molecule has 0 saturated heterocycles. The van der Waals surface area contributed by atoms with Gasteiger partial charge in [-0.15, -0.1) is 0 Å². The zero-order chi connectivity index (χ0) is 11.1. The van der Waals surface area contributed by atoms with E-state index in [2.05, 4.69) is 23.2 Å². The quantitative estimate of drug-likeness (QED) is 0.414. The molecule has 0 amide bonds. The van der Waals surface area contributed by atoms with Gasteiger partial charge in [-0.3, -0.25) is 0 Å². The highest BCUT2D eigenvalue weighted by molar-refractivity contribution is 5.92. The van der Waals surface area contributed by atoms with Crippen molar-refractivity contribution in [3.63, 3.8) is 0 Å². The van der Waals surface area contributed by atoms with Crippen molar-refractivity contribution in [1.82, 2.24) is 0 Å². The van der Waals surface area contributed by atoms with E-state index in [1.807, 2.05) is 30.3 Å². The number of carbonyl (C=O) groups excluding carboxylic acids is 1. The maximum absolute atomic E-state index is 10.9. The third-order valence-corrected chi connectivity index (χ3v) is 1.81. The fraction of sp³-hybridized carbons (Fsp3) is 0.154. The molecule has 0 saturated carbocycles. The molecule has 0 aliphatic rings. The van der Waals surface area contributed by atoms with Crippen LogP contribution in [0.25, 0.3) is 0 Å². The number of rotatable bonds is 2. The molecule has 0 radical (unpaired) electrons. The fourth-order valence-corrected chi connectivity index (χ4v) is 1.02. The van der Waals surface area contributed by atoms with Gasteiger partial charge in [0.2, 0.25) is 0 Å². The largest absolute Gasteiger partial charge is 0.465 e. The SMILES string of the molecule is C=C(C#CCc1ccccc1)C(=O)OC. The Hall–Kier alpha value is -2.01. The number of ether oxygens (including phenoxy) is 1. The first kappa shape index (κ1) is 11.1. The molecule has 76 valence electrons. The molecular weight excluding hydrogens is 188 g/mol. The Morgan fingerprint density at radius 1 is 1.40 bits per heavy atom. The third-order valence-electron chi connectivity index (χ3n) is 1.81. The van der Waals surface area contributed by atoms with Gasteiger partial charge in [-0.1, -0.05) is 48.8 Å². The van der Waals surface area contributed by atoms with E-state index >= 15 is 0 Å². The summed E-state index contributed by atoms with van der Waals surface area (Å²) in [6, 6.07) is 9.81. The van der Waals surface area contributed by atoms with Crippen LogP contribution in [0.5, 0.6) is 0 Å². The Bertz CT molecular complexity index is 407. The second kappa shape index (κ2) is 5.66. The molecular formula is C13H12O2. The number of hydrogen-bond acceptors (Lipinski definition) is 2. The molecule has 0 spiro atoms. The number of esters is 1. The van der Waals surface area contributed by atoms with Crippen molar-refractivity contribution in [3.8, 4) is 11.8 Å². The van der Waals surface area contributed by atoms with Gasteiger partial charge in [-0.2, -0.15) is 0 Å². The molecule has 0 aliphatic carbocycles. The van der Waals surface area contributed by atoms with E-state index in [0.29, 0.717) is 6.42 Å². The van der Waals surface area contributed by atoms with Gasteiger partial charge in [0.25, 0.3) is 0 Å². The van der Waals surface area contributed by atoms with Crippen molar-refractivity contribution < 1.29 is 9.53 Å². The predicted octanol–water partition coefficient (Wildman–Crippen LogP) is 1.96. The van der Waals surface area contributed by atoms with Crippen molar-refractivity contribution in [2.24, 2.45) is 0 Å². The molecule has 0 fully saturated rings. The summed E-state index contributed by atoms with van der Waals surface area (Å²) in [5.74, 6) is 5.05. The van der Waals surface area contributed by atoms with E-state index in [4.69, 9.17) is 0 Å². The Kier molecular flexibility index (Phi) is 4.18. The van der Waals surface area contributed by atoms with Gasteiger partial charge >= 0.3 is 5.97 Å². The first-order valence-corrected chi connectivity index (χ1v) is 4.54. The Morgan fingerprint density at radius 2 is 2.07 bits per heavy atom. The maximum Gasteiger partial charge on any atom is 0.345 e. The molecule has 0 aromatic heterocycles. The van der Waals surface area contributed by atoms with Crippen LogP contribution in [-0.4, -0.2) is 13.1 Å². The van der Waals surface area contributed by atoms with Crippen LogP contribution in [0.3, 0.4) is 0 Å². The maximum atomic E-state index is 10.9. The monoisotopic (exact) mass is 200 g/mol. The van der Waals surface area contributed by atoms with E-state index in [0.717, 1.165) is 5.56 Å². The molecule has 2 heteroatoms. The molecule has 0 heterocycles. The molecule has 15 heavy (non-hydrogen) atoms. The molecule has 1 aromatic carbocycles. The fourth-order valence-electron chi connectivity index (χ4n) is 1.02. The Balaban J connectivity index is 2.54. The molecule has 0 N–H and O–H groups in total. The zero-order valence-corrected chi connectivity index (χ0v) is 8.62. The summed E-state index contributed by atoms with van der Waals surface area (Å²) in [7, 11) is 1.31. The van der Waals surface area contributed by atoms with Crippen LogP contribution >= 0.6 is 0 Å². The van der Waals surface area contributed by atoms with Crippen molar-refractivity contribution in [3.05, 3.63) is 48.0 Å². The van der Waals surface area contributed by atoms with Crippen molar-refractivity contribution in [2.75, 3.05) is 7.11 Å². The highest BCUT2D eigenvalue weighted by Crippen LogP contribution is 1.98. The van der Waals surface area contributed by atoms with Crippen LogP contribution < -0.4 is 0 Å². The van der Waals surface area contributed by atoms with Gasteiger partial charge < -0.3 is 4.74 Å². The van der Waals surface area contributed by atoms with Crippen molar-refractivity contribution >= 4 is 5.97 Å². The molecule has 2 nitrogen and oxygen atoms in total. The molecule has 1 rings (SSSR count). The molecule has 0 atom stereocenters. The van der Waals surface area contributed by atoms with E-state index < -0.39 is 5.97 Å². The first-order chi connectivity index (χ1) is 7.24. The second-order valence-electron chi connectivity index (χ2n) is 2.93. The standard InChI is InChI=1S/C13H12O2/c1-11(13(14)15-2)7-6-10-12-8-4-3-5-9-12/h3-5,8-9H,1,10H2,2H3. The van der Waals surface area contributed by atoms with Crippen LogP contribution in [0.2, 0.25) is 0 Å². The first-order valence-electron chi connectivity index (χ1n) is 4.54. The summed E-state index contributed by atoms with van der Waals surface area (Å²) in [5, 5.41) is 0. The summed E-state index contributed by atoms with van der Waals surface area (Å²) >= 11 is 0. The lowest BCUT2D eigenvalue weighted by atomic mass is 10.1. The molecule has 0 bridgehead atoms. The van der Waals surface area contributed by atoms with Gasteiger partial charge in [0.15, 0.2) is 0 Å². The summed E-state index contributed by atoms with van der Waals surface area (Å²) in [4.78, 5) is 10.9. The predicted molar refractivity (Wildman–Crippen MR) is 59.1 cm³/mol. The van der Waals surface area contributed by atoms with Crippen LogP contribution in [0.4, 0.5) is 0 Å². The Labute approximate surface area is 89.6 Å². The number of methoxy groups -OCH3 is 1. The minimum atomic E-state index is -0.476. The van der Waals surface area contributed by atoms with Crippen LogP contribution in [0.15, 0.2) is 42.5 Å². The number of hydrogen-bond donors (Lipinski definition) is 0. The average molecular weight is 200 g/mol. The van der Waals surface area contributed by atoms with Crippen LogP contribution in [0.1, 0.15) is 5.56 Å². The summed E-state index contributed by atoms with van der Waals surface area (Å²) < 4.78 is 4.47. The summed E-state index contributed by atoms with van der Waals surface area (Å²) in [6.45, 7) is 3.51. The minimum Gasteiger partial charge on any atom is -0.465 e. The minimum absolute atomic E-state index is 0.188. The van der Waals surface area contributed by atoms with Gasteiger partial charge in [0.1, 0.15) is 5.57 Å². The van der Waals surface area contributed by atoms with E-state index in [-0.39, 0.29) is 5.57 Å². The van der Waals surface area contributed by atoms with E-state index in [9.17, 15) is 4.79 Å². The zero-order valence-electron chi connectivity index (χ0n) is 8.62. The van der Waals surface area contributed by atoms with E-state index in [1.54, 1.807) is 0 Å². The smallest absolute Gasteiger partial charge is 0.345 e. The lowest BCUT2D eigenvalue weighted by molar-refractivity contribution is -0.135. The van der Waals surface area contributed by atoms with Crippen LogP contribution in [-0.2, 0) is 16.0 Å². The second-order valence-corrected chi connectivity index (χ2v) is 2.93. The summed E-state index contributed by atoms with van der Waals surface area (Å²) in [6.07, 6.45) is 0.608.